The summed E-state index contributed by atoms with van der Waals surface area (Å²) < 4.78 is 0. The van der Waals surface area contributed by atoms with E-state index in [9.17, 15) is 0 Å². The van der Waals surface area contributed by atoms with E-state index in [0.29, 0.717) is 0 Å². The summed E-state index contributed by atoms with van der Waals surface area (Å²) in [6.45, 7) is 0. The van der Waals surface area contributed by atoms with Crippen LogP contribution in [0.1, 0.15) is 0 Å². The van der Waals surface area contributed by atoms with Gasteiger partial charge < -0.3 is 50.4 Å². The molecule has 0 aliphatic rings. The Kier molecular flexibility index (Phi) is 40800. The third kappa shape index (κ3) is 881. The Hall–Kier alpha value is 0.776. The van der Waals surface area contributed by atoms with Crippen LogP contribution in [0.4, 0.5) is 0 Å². The van der Waals surface area contributed by atoms with Crippen molar-refractivity contribution in [3.63, 3.8) is 0 Å². The molecule has 9 heteroatoms. The fraction of sp³-hybridized carbons (Fsp3) is 1.00. The Morgan fingerprint density at radius 3 is 0.600 bits per heavy atom. The second kappa shape index (κ2) is 1250. The van der Waals surface area contributed by atoms with Crippen LogP contribution in [0.3, 0.4) is 0 Å². The molecule has 0 aromatic carbocycles. The maximum atomic E-state index is 7.00. The molecule has 0 saturated carbocycles. The minimum Gasteiger partial charge on any atom is -1.00 e. The molecule has 0 amide bonds. The van der Waals surface area contributed by atoms with Gasteiger partial charge in [0.2, 0.25) is 0 Å². The van der Waals surface area contributed by atoms with Gasteiger partial charge in [0.15, 0.2) is 0 Å². The third-order valence-electron chi connectivity index (χ3n) is 0. The molecular weight excluding hydrogens is 184 g/mol. The van der Waals surface area contributed by atoms with Crippen molar-refractivity contribution in [2.24, 2.45) is 0 Å². The van der Waals surface area contributed by atoms with Crippen molar-refractivity contribution in [3.8, 4) is 0 Å². The van der Waals surface area contributed by atoms with Gasteiger partial charge in [-0.3, -0.25) is 0 Å². The maximum Gasteiger partial charge on any atom is 2.00 e. The molecule has 0 saturated heterocycles. The summed E-state index contributed by atoms with van der Waals surface area (Å²) in [6, 6.07) is 0. The molecule has 0 rings (SSSR count). The fourth-order valence-corrected chi connectivity index (χ4v) is 0. The molecule has 7 nitrogen and oxygen atoms in total. The Morgan fingerprint density at radius 1 is 0.600 bits per heavy atom. The molecule has 0 aliphatic carbocycles. The van der Waals surface area contributed by atoms with Gasteiger partial charge in [-0.05, 0) is 0 Å². The predicted octanol–water partition coefficient (Wildman–Crippen LogP) is -8.72. The van der Waals surface area contributed by atoms with Crippen molar-refractivity contribution >= 4 is 23.1 Å². The van der Waals surface area contributed by atoms with Crippen LogP contribution in [0.25, 0.3) is 0 Å². The normalized spacial score (nSPS) is 0.600. The van der Waals surface area contributed by atoms with Crippen molar-refractivity contribution in [2.75, 3.05) is 7.11 Å². The minimum atomic E-state index is 0. The SMILES string of the molecule is CO.O.O.O.O.O.O.[Cl-].[Mg+2]. The minimum absolute atomic E-state index is 0. The average Bonchev–Trinajstić information content (AvgIpc) is 1.00. The van der Waals surface area contributed by atoms with Crippen LogP contribution in [0, 0.1) is 0 Å². The quantitative estimate of drug-likeness (QED) is 0.370. The van der Waals surface area contributed by atoms with Crippen molar-refractivity contribution in [2.45, 2.75) is 0 Å². The zero-order chi connectivity index (χ0) is 2.00. The van der Waals surface area contributed by atoms with Gasteiger partial charge in [-0.1, -0.05) is 0 Å². The summed E-state index contributed by atoms with van der Waals surface area (Å²) in [4.78, 5) is 0. The number of halogens is 1. The van der Waals surface area contributed by atoms with Crippen molar-refractivity contribution in [1.82, 2.24) is 0 Å². The van der Waals surface area contributed by atoms with E-state index in [1.807, 2.05) is 0 Å². The third-order valence-corrected chi connectivity index (χ3v) is 0. The molecule has 0 unspecified atom stereocenters. The molecule has 10 heavy (non-hydrogen) atoms. The van der Waals surface area contributed by atoms with Gasteiger partial charge in [-0.15, -0.1) is 0 Å². The molecule has 0 atom stereocenters. The van der Waals surface area contributed by atoms with E-state index in [-0.39, 0.29) is 68.3 Å². The van der Waals surface area contributed by atoms with Crippen molar-refractivity contribution in [1.29, 1.82) is 0 Å². The topological polar surface area (TPSA) is 209 Å². The van der Waals surface area contributed by atoms with Crippen molar-refractivity contribution in [3.05, 3.63) is 0 Å². The number of aliphatic hydroxyl groups excluding tert-OH is 1. The average molecular weight is 200 g/mol. The molecule has 0 spiro atoms. The second-order valence-electron chi connectivity index (χ2n) is 0. The number of hydrogen-bond acceptors (Lipinski definition) is 1. The first-order chi connectivity index (χ1) is 1.00. The van der Waals surface area contributed by atoms with E-state index in [2.05, 4.69) is 0 Å². The largest absolute Gasteiger partial charge is 2.00 e. The molecule has 0 aromatic rings. The van der Waals surface area contributed by atoms with Crippen LogP contribution in [0.15, 0.2) is 0 Å². The van der Waals surface area contributed by atoms with Gasteiger partial charge in [0.25, 0.3) is 0 Å². The Balaban J connectivity index is -0.000000000179. The van der Waals surface area contributed by atoms with Gasteiger partial charge in [0.1, 0.15) is 0 Å². The van der Waals surface area contributed by atoms with Crippen LogP contribution < -0.4 is 12.4 Å². The molecule has 0 heterocycles. The van der Waals surface area contributed by atoms with Crippen LogP contribution in [0.2, 0.25) is 0 Å². The first-order valence-corrected chi connectivity index (χ1v) is 0.447. The zero-order valence-corrected chi connectivity index (χ0v) is 7.70. The predicted molar refractivity (Wildman–Crippen MR) is 35.6 cm³/mol. The monoisotopic (exact) mass is 199 g/mol. The van der Waals surface area contributed by atoms with E-state index in [4.69, 9.17) is 5.11 Å². The van der Waals surface area contributed by atoms with Crippen LogP contribution in [-0.2, 0) is 0 Å². The van der Waals surface area contributed by atoms with E-state index in [1.54, 1.807) is 0 Å². The number of rotatable bonds is 0. The zero-order valence-electron chi connectivity index (χ0n) is 5.53. The van der Waals surface area contributed by atoms with E-state index in [1.165, 1.54) is 0 Å². The van der Waals surface area contributed by atoms with Crippen molar-refractivity contribution < 1.29 is 50.4 Å². The summed E-state index contributed by atoms with van der Waals surface area (Å²) in [7, 11) is 1.00. The molecule has 0 aliphatic heterocycles. The van der Waals surface area contributed by atoms with Crippen LogP contribution in [0.5, 0.6) is 0 Å². The van der Waals surface area contributed by atoms with Gasteiger partial charge in [-0.2, -0.15) is 0 Å². The molecule has 0 aromatic heterocycles. The van der Waals surface area contributed by atoms with Crippen LogP contribution >= 0.6 is 0 Å². The maximum absolute atomic E-state index is 7.00. The first kappa shape index (κ1) is 326. The fourth-order valence-electron chi connectivity index (χ4n) is 0. The molecule has 70 valence electrons. The van der Waals surface area contributed by atoms with Gasteiger partial charge >= 0.3 is 23.1 Å². The first-order valence-electron chi connectivity index (χ1n) is 0.447. The van der Waals surface area contributed by atoms with Gasteiger partial charge in [-0.25, -0.2) is 0 Å². The summed E-state index contributed by atoms with van der Waals surface area (Å²) >= 11 is 0. The summed E-state index contributed by atoms with van der Waals surface area (Å²) in [5.41, 5.74) is 0. The standard InChI is InChI=1S/CH4O.ClH.Mg.6H2O/c1-2;;;;;;;;/h2H,1H3;1H;;6*1H2/q;;+2;;;;;;/p-1. The van der Waals surface area contributed by atoms with Gasteiger partial charge in [0.05, 0.1) is 0 Å². The molecule has 0 radical (unpaired) electrons. The Labute approximate surface area is 80.8 Å². The van der Waals surface area contributed by atoms with E-state index in [0.717, 1.165) is 7.11 Å². The summed E-state index contributed by atoms with van der Waals surface area (Å²) in [6.07, 6.45) is 0. The molecule has 13 N–H and O–H groups in total. The van der Waals surface area contributed by atoms with E-state index >= 15 is 0 Å². The molecular formula is CH16ClMgO7+. The number of hydrogen-bond donors (Lipinski definition) is 1. The number of aliphatic hydroxyl groups is 1. The molecule has 0 fully saturated rings. The van der Waals surface area contributed by atoms with Gasteiger partial charge in [0, 0.05) is 7.11 Å². The summed E-state index contributed by atoms with van der Waals surface area (Å²) in [5.74, 6) is 0. The Morgan fingerprint density at radius 2 is 0.600 bits per heavy atom. The van der Waals surface area contributed by atoms with E-state index < -0.39 is 0 Å². The second-order valence-corrected chi connectivity index (χ2v) is 0. The Bertz CT molecular complexity index is 13.6. The molecule has 0 bridgehead atoms. The van der Waals surface area contributed by atoms with Crippen LogP contribution in [-0.4, -0.2) is 68.1 Å². The smallest absolute Gasteiger partial charge is 1.00 e. The summed E-state index contributed by atoms with van der Waals surface area (Å²) in [5, 5.41) is 7.00.